The SMILES string of the molecule is C#CCC(NS(=O)(=O)c1cc(F)ccc1C)C(=O)O. The average molecular weight is 285 g/mol. The van der Waals surface area contributed by atoms with Crippen molar-refractivity contribution in [3.05, 3.63) is 29.6 Å². The molecule has 0 saturated carbocycles. The van der Waals surface area contributed by atoms with Crippen molar-refractivity contribution in [1.29, 1.82) is 0 Å². The summed E-state index contributed by atoms with van der Waals surface area (Å²) in [5.41, 5.74) is 0.304. The third-order valence-corrected chi connectivity index (χ3v) is 3.97. The van der Waals surface area contributed by atoms with Gasteiger partial charge in [-0.3, -0.25) is 4.79 Å². The molecule has 0 aliphatic rings. The molecule has 2 N–H and O–H groups in total. The molecular weight excluding hydrogens is 273 g/mol. The summed E-state index contributed by atoms with van der Waals surface area (Å²) in [4.78, 5) is 10.5. The van der Waals surface area contributed by atoms with Gasteiger partial charge in [-0.25, -0.2) is 12.8 Å². The van der Waals surface area contributed by atoms with Crippen LogP contribution in [-0.2, 0) is 14.8 Å². The minimum absolute atomic E-state index is 0.303. The van der Waals surface area contributed by atoms with E-state index in [1.807, 2.05) is 4.72 Å². The van der Waals surface area contributed by atoms with Crippen molar-refractivity contribution in [3.63, 3.8) is 0 Å². The molecule has 0 aromatic heterocycles. The maximum atomic E-state index is 13.1. The second-order valence-corrected chi connectivity index (χ2v) is 5.51. The first kappa shape index (κ1) is 15.1. The van der Waals surface area contributed by atoms with Gasteiger partial charge in [0.05, 0.1) is 4.90 Å². The van der Waals surface area contributed by atoms with Gasteiger partial charge in [-0.05, 0) is 24.6 Å². The van der Waals surface area contributed by atoms with Gasteiger partial charge in [-0.1, -0.05) is 6.07 Å². The minimum Gasteiger partial charge on any atom is -0.480 e. The summed E-state index contributed by atoms with van der Waals surface area (Å²) in [5.74, 6) is -0.0527. The smallest absolute Gasteiger partial charge is 0.322 e. The molecule has 0 aliphatic carbocycles. The predicted molar refractivity (Wildman–Crippen MR) is 66.3 cm³/mol. The van der Waals surface area contributed by atoms with Gasteiger partial charge >= 0.3 is 5.97 Å². The number of carbonyl (C=O) groups is 1. The summed E-state index contributed by atoms with van der Waals surface area (Å²) < 4.78 is 39.0. The minimum atomic E-state index is -4.15. The van der Waals surface area contributed by atoms with Gasteiger partial charge < -0.3 is 5.11 Å². The molecule has 0 saturated heterocycles. The lowest BCUT2D eigenvalue weighted by molar-refractivity contribution is -0.138. The number of halogens is 1. The molecule has 1 rings (SSSR count). The molecule has 0 fully saturated rings. The Kier molecular flexibility index (Phi) is 4.64. The van der Waals surface area contributed by atoms with E-state index in [1.54, 1.807) is 0 Å². The number of benzene rings is 1. The summed E-state index contributed by atoms with van der Waals surface area (Å²) in [6.07, 6.45) is 4.67. The van der Waals surface area contributed by atoms with Gasteiger partial charge in [0.25, 0.3) is 0 Å². The zero-order valence-corrected chi connectivity index (χ0v) is 10.9. The summed E-state index contributed by atoms with van der Waals surface area (Å²) in [7, 11) is -4.15. The van der Waals surface area contributed by atoms with Crippen LogP contribution < -0.4 is 4.72 Å². The van der Waals surface area contributed by atoms with Crippen LogP contribution in [-0.4, -0.2) is 25.5 Å². The van der Waals surface area contributed by atoms with Crippen LogP contribution in [0.3, 0.4) is 0 Å². The molecule has 0 radical (unpaired) electrons. The van der Waals surface area contributed by atoms with Crippen molar-refractivity contribution in [3.8, 4) is 12.3 Å². The number of aliphatic carboxylic acids is 1. The standard InChI is InChI=1S/C12H12FNO4S/c1-3-4-10(12(15)16)14-19(17,18)11-7-9(13)6-5-8(11)2/h1,5-7,10,14H,4H2,2H3,(H,15,16). The van der Waals surface area contributed by atoms with E-state index in [0.717, 1.165) is 12.1 Å². The first-order valence-corrected chi connectivity index (χ1v) is 6.71. The summed E-state index contributed by atoms with van der Waals surface area (Å²) in [6, 6.07) is 1.79. The van der Waals surface area contributed by atoms with Crippen molar-refractivity contribution >= 4 is 16.0 Å². The molecule has 1 aromatic carbocycles. The van der Waals surface area contributed by atoms with Gasteiger partial charge in [-0.2, -0.15) is 4.72 Å². The van der Waals surface area contributed by atoms with Gasteiger partial charge in [0.15, 0.2) is 0 Å². The Bertz CT molecular complexity index is 634. The topological polar surface area (TPSA) is 83.5 Å². The third-order valence-electron chi connectivity index (χ3n) is 2.36. The molecule has 0 aliphatic heterocycles. The van der Waals surface area contributed by atoms with E-state index in [9.17, 15) is 17.6 Å². The lowest BCUT2D eigenvalue weighted by atomic mass is 10.2. The molecule has 1 atom stereocenters. The lowest BCUT2D eigenvalue weighted by Gasteiger charge is -2.13. The number of sulfonamides is 1. The van der Waals surface area contributed by atoms with Crippen LogP contribution in [0.5, 0.6) is 0 Å². The van der Waals surface area contributed by atoms with Crippen LogP contribution in [0.1, 0.15) is 12.0 Å². The van der Waals surface area contributed by atoms with Crippen LogP contribution in [0.15, 0.2) is 23.1 Å². The summed E-state index contributed by atoms with van der Waals surface area (Å²) >= 11 is 0. The molecule has 7 heteroatoms. The molecule has 0 amide bonds. The molecule has 19 heavy (non-hydrogen) atoms. The summed E-state index contributed by atoms with van der Waals surface area (Å²) in [6.45, 7) is 1.48. The van der Waals surface area contributed by atoms with E-state index in [2.05, 4.69) is 5.92 Å². The van der Waals surface area contributed by atoms with Gasteiger partial charge in [0, 0.05) is 6.42 Å². The van der Waals surface area contributed by atoms with Crippen molar-refractivity contribution in [2.24, 2.45) is 0 Å². The van der Waals surface area contributed by atoms with Crippen molar-refractivity contribution in [1.82, 2.24) is 4.72 Å². The number of hydrogen-bond donors (Lipinski definition) is 2. The van der Waals surface area contributed by atoms with Crippen LogP contribution in [0.2, 0.25) is 0 Å². The Morgan fingerprint density at radius 3 is 2.74 bits per heavy atom. The number of rotatable bonds is 5. The highest BCUT2D eigenvalue weighted by Crippen LogP contribution is 2.17. The Labute approximate surface area is 110 Å². The van der Waals surface area contributed by atoms with E-state index >= 15 is 0 Å². The van der Waals surface area contributed by atoms with E-state index < -0.39 is 27.9 Å². The van der Waals surface area contributed by atoms with Gasteiger partial charge in [0.2, 0.25) is 10.0 Å². The Morgan fingerprint density at radius 1 is 1.58 bits per heavy atom. The number of nitrogens with one attached hydrogen (secondary N) is 1. The fourth-order valence-electron chi connectivity index (χ4n) is 1.41. The molecule has 0 heterocycles. The van der Waals surface area contributed by atoms with Gasteiger partial charge in [0.1, 0.15) is 11.9 Å². The second kappa shape index (κ2) is 5.82. The van der Waals surface area contributed by atoms with Crippen LogP contribution in [0.25, 0.3) is 0 Å². The van der Waals surface area contributed by atoms with E-state index in [1.165, 1.54) is 13.0 Å². The van der Waals surface area contributed by atoms with Crippen molar-refractivity contribution < 1.29 is 22.7 Å². The highest BCUT2D eigenvalue weighted by Gasteiger charge is 2.26. The first-order valence-electron chi connectivity index (χ1n) is 5.22. The van der Waals surface area contributed by atoms with Crippen LogP contribution >= 0.6 is 0 Å². The van der Waals surface area contributed by atoms with Crippen molar-refractivity contribution in [2.45, 2.75) is 24.3 Å². The van der Waals surface area contributed by atoms with E-state index in [0.29, 0.717) is 5.56 Å². The molecule has 5 nitrogen and oxygen atoms in total. The number of carboxylic acid groups (broad SMARTS) is 1. The Hall–Kier alpha value is -1.91. The molecule has 1 unspecified atom stereocenters. The molecular formula is C12H12FNO4S. The normalized spacial score (nSPS) is 12.7. The molecule has 0 spiro atoms. The maximum Gasteiger partial charge on any atom is 0.322 e. The largest absolute Gasteiger partial charge is 0.480 e. The van der Waals surface area contributed by atoms with E-state index in [-0.39, 0.29) is 11.3 Å². The monoisotopic (exact) mass is 285 g/mol. The van der Waals surface area contributed by atoms with Crippen molar-refractivity contribution in [2.75, 3.05) is 0 Å². The fourth-order valence-corrected chi connectivity index (χ4v) is 2.86. The first-order chi connectivity index (χ1) is 8.77. The van der Waals surface area contributed by atoms with Crippen LogP contribution in [0.4, 0.5) is 4.39 Å². The Morgan fingerprint density at radius 2 is 2.21 bits per heavy atom. The number of terminal acetylenes is 1. The molecule has 1 aromatic rings. The summed E-state index contributed by atoms with van der Waals surface area (Å²) in [5, 5.41) is 8.84. The third kappa shape index (κ3) is 3.77. The predicted octanol–water partition coefficient (Wildman–Crippen LogP) is 0.889. The highest BCUT2D eigenvalue weighted by molar-refractivity contribution is 7.89. The lowest BCUT2D eigenvalue weighted by Crippen LogP contribution is -2.40. The number of hydrogen-bond acceptors (Lipinski definition) is 3. The van der Waals surface area contributed by atoms with Crippen LogP contribution in [0, 0.1) is 25.1 Å². The zero-order chi connectivity index (χ0) is 14.6. The maximum absolute atomic E-state index is 13.1. The molecule has 102 valence electrons. The number of aryl methyl sites for hydroxylation is 1. The van der Waals surface area contributed by atoms with E-state index in [4.69, 9.17) is 11.5 Å². The van der Waals surface area contributed by atoms with Gasteiger partial charge in [-0.15, -0.1) is 12.3 Å². The fraction of sp³-hybridized carbons (Fsp3) is 0.250. The Balaban J connectivity index is 3.14. The number of carboxylic acids is 1. The average Bonchev–Trinajstić information content (AvgIpc) is 2.31. The second-order valence-electron chi connectivity index (χ2n) is 3.83. The quantitative estimate of drug-likeness (QED) is 0.787. The zero-order valence-electron chi connectivity index (χ0n) is 10.1. The highest BCUT2D eigenvalue weighted by atomic mass is 32.2. The molecule has 0 bridgehead atoms.